The van der Waals surface area contributed by atoms with Gasteiger partial charge in [0.1, 0.15) is 5.75 Å². The van der Waals surface area contributed by atoms with Gasteiger partial charge >= 0.3 is 0 Å². The zero-order valence-electron chi connectivity index (χ0n) is 13.6. The van der Waals surface area contributed by atoms with E-state index in [1.165, 1.54) is 24.3 Å². The lowest BCUT2D eigenvalue weighted by Gasteiger charge is -2.11. The third-order valence-corrected chi connectivity index (χ3v) is 3.27. The van der Waals surface area contributed by atoms with Crippen LogP contribution in [0, 0.1) is 0 Å². The highest BCUT2D eigenvalue weighted by molar-refractivity contribution is 6.05. The maximum Gasteiger partial charge on any atom is 0.270 e. The Morgan fingerprint density at radius 2 is 1.52 bits per heavy atom. The van der Waals surface area contributed by atoms with E-state index in [9.17, 15) is 19.5 Å². The number of ether oxygens (including phenoxy) is 1. The van der Waals surface area contributed by atoms with Crippen LogP contribution in [0.15, 0.2) is 48.5 Å². The van der Waals surface area contributed by atoms with E-state index in [0.717, 1.165) is 6.42 Å². The number of carboxylic acid groups (broad SMARTS) is 1. The largest absolute Gasteiger partial charge is 0.545 e. The lowest BCUT2D eigenvalue weighted by Crippen LogP contribution is -2.42. The van der Waals surface area contributed by atoms with Gasteiger partial charge in [0, 0.05) is 11.1 Å². The predicted molar refractivity (Wildman–Crippen MR) is 87.9 cm³/mol. The monoisotopic (exact) mass is 341 g/mol. The van der Waals surface area contributed by atoms with Crippen molar-refractivity contribution in [1.82, 2.24) is 10.9 Å². The molecule has 0 atom stereocenters. The molecule has 7 heteroatoms. The van der Waals surface area contributed by atoms with Gasteiger partial charge in [0.25, 0.3) is 11.8 Å². The molecule has 0 aliphatic carbocycles. The number of carbonyl (C=O) groups excluding carboxylic acids is 3. The summed E-state index contributed by atoms with van der Waals surface area (Å²) < 4.78 is 5.42. The average Bonchev–Trinajstić information content (AvgIpc) is 2.64. The van der Waals surface area contributed by atoms with E-state index >= 15 is 0 Å². The van der Waals surface area contributed by atoms with Crippen LogP contribution in [0.5, 0.6) is 5.75 Å². The number of rotatable bonds is 6. The fourth-order valence-corrected chi connectivity index (χ4v) is 2.03. The van der Waals surface area contributed by atoms with Crippen molar-refractivity contribution in [3.63, 3.8) is 0 Å². The Balaban J connectivity index is 1.98. The fourth-order valence-electron chi connectivity index (χ4n) is 2.03. The maximum atomic E-state index is 12.0. The third-order valence-electron chi connectivity index (χ3n) is 3.27. The number of amides is 2. The number of aromatic carboxylic acids is 1. The number of carbonyl (C=O) groups is 3. The summed E-state index contributed by atoms with van der Waals surface area (Å²) in [6.45, 7) is 2.57. The smallest absolute Gasteiger partial charge is 0.270 e. The average molecular weight is 341 g/mol. The zero-order chi connectivity index (χ0) is 18.2. The van der Waals surface area contributed by atoms with Crippen LogP contribution in [-0.4, -0.2) is 24.4 Å². The highest BCUT2D eigenvalue weighted by Crippen LogP contribution is 2.12. The Morgan fingerprint density at radius 3 is 2.12 bits per heavy atom. The fraction of sp³-hybridized carbons (Fsp3) is 0.167. The summed E-state index contributed by atoms with van der Waals surface area (Å²) in [6, 6.07) is 12.0. The van der Waals surface area contributed by atoms with E-state index < -0.39 is 17.8 Å². The lowest BCUT2D eigenvalue weighted by molar-refractivity contribution is -0.255. The molecule has 7 nitrogen and oxygen atoms in total. The lowest BCUT2D eigenvalue weighted by atomic mass is 10.1. The van der Waals surface area contributed by atoms with Crippen molar-refractivity contribution >= 4 is 17.8 Å². The Bertz CT molecular complexity index is 771. The summed E-state index contributed by atoms with van der Waals surface area (Å²) in [4.78, 5) is 35.1. The van der Waals surface area contributed by atoms with E-state index in [1.54, 1.807) is 24.3 Å². The van der Waals surface area contributed by atoms with Crippen molar-refractivity contribution in [2.75, 3.05) is 6.61 Å². The number of hydrazine groups is 1. The highest BCUT2D eigenvalue weighted by atomic mass is 16.5. The molecule has 0 heterocycles. The van der Waals surface area contributed by atoms with Gasteiger partial charge in [0.2, 0.25) is 0 Å². The molecule has 25 heavy (non-hydrogen) atoms. The number of carboxylic acids is 1. The van der Waals surface area contributed by atoms with Crippen molar-refractivity contribution in [3.05, 3.63) is 65.2 Å². The van der Waals surface area contributed by atoms with Crippen molar-refractivity contribution in [1.29, 1.82) is 0 Å². The van der Waals surface area contributed by atoms with Crippen LogP contribution in [0.2, 0.25) is 0 Å². The van der Waals surface area contributed by atoms with E-state index in [-0.39, 0.29) is 11.1 Å². The minimum absolute atomic E-state index is 0.105. The van der Waals surface area contributed by atoms with E-state index in [2.05, 4.69) is 10.9 Å². The molecular weight excluding hydrogens is 324 g/mol. The van der Waals surface area contributed by atoms with Gasteiger partial charge < -0.3 is 14.6 Å². The molecule has 0 saturated carbocycles. The third kappa shape index (κ3) is 4.81. The second-order valence-electron chi connectivity index (χ2n) is 5.11. The number of hydrogen-bond acceptors (Lipinski definition) is 5. The second-order valence-corrected chi connectivity index (χ2v) is 5.11. The van der Waals surface area contributed by atoms with E-state index in [0.29, 0.717) is 17.9 Å². The SMILES string of the molecule is CCCOc1ccc(C(=O)NNC(=O)c2ccccc2C(=O)[O-])cc1. The Kier molecular flexibility index (Phi) is 6.11. The molecule has 2 N–H and O–H groups in total. The Labute approximate surface area is 144 Å². The predicted octanol–water partition coefficient (Wildman–Crippen LogP) is 0.914. The first kappa shape index (κ1) is 18.0. The molecule has 2 aromatic rings. The summed E-state index contributed by atoms with van der Waals surface area (Å²) in [5.74, 6) is -2.12. The normalized spacial score (nSPS) is 9.96. The molecule has 2 rings (SSSR count). The van der Waals surface area contributed by atoms with Crippen LogP contribution < -0.4 is 20.7 Å². The topological polar surface area (TPSA) is 108 Å². The zero-order valence-corrected chi connectivity index (χ0v) is 13.6. The molecule has 0 spiro atoms. The summed E-state index contributed by atoms with van der Waals surface area (Å²) in [7, 11) is 0. The summed E-state index contributed by atoms with van der Waals surface area (Å²) >= 11 is 0. The molecular formula is C18H17N2O5-. The van der Waals surface area contributed by atoms with Crippen LogP contribution in [0.3, 0.4) is 0 Å². The standard InChI is InChI=1S/C18H18N2O5/c1-2-11-25-13-9-7-12(8-10-13)16(21)19-20-17(22)14-5-3-4-6-15(14)18(23)24/h3-10H,2,11H2,1H3,(H,19,21)(H,20,22)(H,23,24)/p-1. The van der Waals surface area contributed by atoms with Crippen molar-refractivity contribution < 1.29 is 24.2 Å². The van der Waals surface area contributed by atoms with Gasteiger partial charge in [0.05, 0.1) is 18.1 Å². The van der Waals surface area contributed by atoms with Gasteiger partial charge in [-0.05, 0) is 36.8 Å². The van der Waals surface area contributed by atoms with Gasteiger partial charge in [0.15, 0.2) is 0 Å². The summed E-state index contributed by atoms with van der Waals surface area (Å²) in [5.41, 5.74) is 4.37. The molecule has 2 aromatic carbocycles. The second kappa shape index (κ2) is 8.49. The van der Waals surface area contributed by atoms with Crippen molar-refractivity contribution in [3.8, 4) is 5.75 Å². The molecule has 0 saturated heterocycles. The molecule has 0 radical (unpaired) electrons. The maximum absolute atomic E-state index is 12.0. The van der Waals surface area contributed by atoms with Crippen LogP contribution >= 0.6 is 0 Å². The molecule has 2 amide bonds. The molecule has 0 aromatic heterocycles. The van der Waals surface area contributed by atoms with Crippen LogP contribution in [0.25, 0.3) is 0 Å². The Hall–Kier alpha value is -3.35. The van der Waals surface area contributed by atoms with Gasteiger partial charge in [-0.15, -0.1) is 0 Å². The number of hydrogen-bond donors (Lipinski definition) is 2. The van der Waals surface area contributed by atoms with E-state index in [1.807, 2.05) is 6.92 Å². The first-order valence-electron chi connectivity index (χ1n) is 7.67. The molecule has 130 valence electrons. The first-order valence-corrected chi connectivity index (χ1v) is 7.67. The summed E-state index contributed by atoms with van der Waals surface area (Å²) in [6.07, 6.45) is 0.877. The van der Waals surface area contributed by atoms with Gasteiger partial charge in [-0.2, -0.15) is 0 Å². The molecule has 0 aliphatic heterocycles. The highest BCUT2D eigenvalue weighted by Gasteiger charge is 2.13. The number of nitrogens with one attached hydrogen (secondary N) is 2. The van der Waals surface area contributed by atoms with E-state index in [4.69, 9.17) is 4.74 Å². The number of benzene rings is 2. The van der Waals surface area contributed by atoms with Crippen LogP contribution in [-0.2, 0) is 0 Å². The van der Waals surface area contributed by atoms with Crippen LogP contribution in [0.4, 0.5) is 0 Å². The van der Waals surface area contributed by atoms with Gasteiger partial charge in [-0.3, -0.25) is 20.4 Å². The van der Waals surface area contributed by atoms with Crippen molar-refractivity contribution in [2.24, 2.45) is 0 Å². The molecule has 0 bridgehead atoms. The molecule has 0 aliphatic rings. The van der Waals surface area contributed by atoms with Crippen molar-refractivity contribution in [2.45, 2.75) is 13.3 Å². The first-order chi connectivity index (χ1) is 12.0. The Morgan fingerprint density at radius 1 is 0.920 bits per heavy atom. The summed E-state index contributed by atoms with van der Waals surface area (Å²) in [5, 5.41) is 11.0. The minimum Gasteiger partial charge on any atom is -0.545 e. The quantitative estimate of drug-likeness (QED) is 0.760. The molecule has 0 unspecified atom stereocenters. The molecule has 0 fully saturated rings. The van der Waals surface area contributed by atoms with Crippen LogP contribution in [0.1, 0.15) is 44.4 Å². The minimum atomic E-state index is -1.47. The van der Waals surface area contributed by atoms with Gasteiger partial charge in [-0.25, -0.2) is 0 Å². The van der Waals surface area contributed by atoms with Gasteiger partial charge in [-0.1, -0.05) is 25.1 Å².